The number of carbonyl (C=O) groups is 1. The molecule has 5 heteroatoms. The SMILES string of the molecule is CC(=O)CNC1=C(C#N)C(=C(C#N)C#N)CC(C)(C)C1. The Bertz CT molecular complexity index is 602. The van der Waals surface area contributed by atoms with Crippen molar-refractivity contribution in [3.63, 3.8) is 0 Å². The molecule has 0 aliphatic heterocycles. The summed E-state index contributed by atoms with van der Waals surface area (Å²) in [6.45, 7) is 5.60. The second-order valence-corrected chi connectivity index (χ2v) is 5.62. The van der Waals surface area contributed by atoms with Gasteiger partial charge in [0.05, 0.1) is 12.1 Å². The van der Waals surface area contributed by atoms with Gasteiger partial charge in [0.15, 0.2) is 0 Å². The average molecular weight is 268 g/mol. The lowest BCUT2D eigenvalue weighted by atomic mass is 9.73. The summed E-state index contributed by atoms with van der Waals surface area (Å²) in [5.41, 5.74) is 1.23. The molecule has 0 saturated carbocycles. The predicted molar refractivity (Wildman–Crippen MR) is 72.6 cm³/mol. The summed E-state index contributed by atoms with van der Waals surface area (Å²) in [5, 5.41) is 30.3. The molecule has 1 N–H and O–H groups in total. The molecule has 0 radical (unpaired) electrons. The van der Waals surface area contributed by atoms with Gasteiger partial charge in [-0.25, -0.2) is 0 Å². The zero-order chi connectivity index (χ0) is 15.3. The number of nitriles is 3. The van der Waals surface area contributed by atoms with E-state index in [4.69, 9.17) is 10.5 Å². The number of ketones is 1. The quantitative estimate of drug-likeness (QED) is 0.790. The van der Waals surface area contributed by atoms with Gasteiger partial charge >= 0.3 is 0 Å². The summed E-state index contributed by atoms with van der Waals surface area (Å²) in [6.07, 6.45) is 1.11. The van der Waals surface area contributed by atoms with Crippen LogP contribution in [-0.4, -0.2) is 12.3 Å². The number of hydrogen-bond acceptors (Lipinski definition) is 5. The summed E-state index contributed by atoms with van der Waals surface area (Å²) in [7, 11) is 0. The Kier molecular flexibility index (Phi) is 4.68. The minimum atomic E-state index is -0.173. The molecule has 0 unspecified atom stereocenters. The molecule has 5 nitrogen and oxygen atoms in total. The van der Waals surface area contributed by atoms with Crippen LogP contribution in [0.3, 0.4) is 0 Å². The summed E-state index contributed by atoms with van der Waals surface area (Å²) >= 11 is 0. The zero-order valence-electron chi connectivity index (χ0n) is 11.9. The van der Waals surface area contributed by atoms with Crippen molar-refractivity contribution in [2.45, 2.75) is 33.6 Å². The number of rotatable bonds is 3. The third-order valence-electron chi connectivity index (χ3n) is 3.10. The molecule has 1 aliphatic carbocycles. The third kappa shape index (κ3) is 3.46. The van der Waals surface area contributed by atoms with Crippen molar-refractivity contribution in [1.29, 1.82) is 15.8 Å². The van der Waals surface area contributed by atoms with Gasteiger partial charge in [0, 0.05) is 11.3 Å². The smallest absolute Gasteiger partial charge is 0.148 e. The van der Waals surface area contributed by atoms with E-state index in [1.807, 2.05) is 26.0 Å². The fourth-order valence-corrected chi connectivity index (χ4v) is 2.27. The Morgan fingerprint density at radius 3 is 2.30 bits per heavy atom. The first-order chi connectivity index (χ1) is 9.34. The largest absolute Gasteiger partial charge is 0.380 e. The van der Waals surface area contributed by atoms with E-state index in [0.717, 1.165) is 0 Å². The minimum absolute atomic E-state index is 0.0311. The van der Waals surface area contributed by atoms with Crippen molar-refractivity contribution in [1.82, 2.24) is 5.32 Å². The lowest BCUT2D eigenvalue weighted by molar-refractivity contribution is -0.116. The van der Waals surface area contributed by atoms with Crippen molar-refractivity contribution < 1.29 is 4.79 Å². The van der Waals surface area contributed by atoms with Gasteiger partial charge in [-0.05, 0) is 25.2 Å². The van der Waals surface area contributed by atoms with Crippen LogP contribution >= 0.6 is 0 Å². The molecule has 102 valence electrons. The summed E-state index contributed by atoms with van der Waals surface area (Å²) < 4.78 is 0. The van der Waals surface area contributed by atoms with Crippen molar-refractivity contribution in [2.75, 3.05) is 6.54 Å². The molecule has 0 saturated heterocycles. The molecule has 0 atom stereocenters. The zero-order valence-corrected chi connectivity index (χ0v) is 11.9. The van der Waals surface area contributed by atoms with Crippen LogP contribution in [0, 0.1) is 39.4 Å². The number of allylic oxidation sites excluding steroid dienone is 4. The van der Waals surface area contributed by atoms with Gasteiger partial charge in [-0.1, -0.05) is 13.8 Å². The van der Waals surface area contributed by atoms with Crippen LogP contribution in [-0.2, 0) is 4.79 Å². The Morgan fingerprint density at radius 2 is 1.85 bits per heavy atom. The molecular weight excluding hydrogens is 252 g/mol. The number of Topliss-reactive ketones (excluding diaryl/α,β-unsaturated/α-hetero) is 1. The lowest BCUT2D eigenvalue weighted by Crippen LogP contribution is -2.30. The lowest BCUT2D eigenvalue weighted by Gasteiger charge is -2.33. The van der Waals surface area contributed by atoms with Crippen LogP contribution in [0.15, 0.2) is 22.4 Å². The van der Waals surface area contributed by atoms with E-state index in [9.17, 15) is 10.1 Å². The van der Waals surface area contributed by atoms with Gasteiger partial charge in [0.25, 0.3) is 0 Å². The van der Waals surface area contributed by atoms with E-state index in [2.05, 4.69) is 11.4 Å². The molecule has 0 fully saturated rings. The summed E-state index contributed by atoms with van der Waals surface area (Å²) in [4.78, 5) is 11.1. The number of nitrogens with one attached hydrogen (secondary N) is 1. The predicted octanol–water partition coefficient (Wildman–Crippen LogP) is 2.11. The highest BCUT2D eigenvalue weighted by Gasteiger charge is 2.32. The molecule has 0 aromatic heterocycles. The highest BCUT2D eigenvalue weighted by Crippen LogP contribution is 2.41. The second kappa shape index (κ2) is 6.04. The molecule has 1 rings (SSSR count). The molecule has 0 heterocycles. The first kappa shape index (κ1) is 15.5. The number of nitrogens with zero attached hydrogens (tertiary/aromatic N) is 3. The van der Waals surface area contributed by atoms with Gasteiger partial charge in [-0.3, -0.25) is 4.79 Å². The van der Waals surface area contributed by atoms with Crippen molar-refractivity contribution in [2.24, 2.45) is 5.41 Å². The van der Waals surface area contributed by atoms with E-state index < -0.39 is 0 Å². The molecule has 1 aliphatic rings. The maximum absolute atomic E-state index is 11.1. The topological polar surface area (TPSA) is 100 Å². The van der Waals surface area contributed by atoms with Gasteiger partial charge in [-0.2, -0.15) is 15.8 Å². The highest BCUT2D eigenvalue weighted by atomic mass is 16.1. The van der Waals surface area contributed by atoms with E-state index in [1.165, 1.54) is 6.92 Å². The molecule has 0 aromatic rings. The van der Waals surface area contributed by atoms with Gasteiger partial charge < -0.3 is 5.32 Å². The van der Waals surface area contributed by atoms with E-state index >= 15 is 0 Å². The van der Waals surface area contributed by atoms with Gasteiger partial charge in [0.1, 0.15) is 29.6 Å². The van der Waals surface area contributed by atoms with Crippen molar-refractivity contribution in [3.05, 3.63) is 22.4 Å². The molecule has 0 spiro atoms. The summed E-state index contributed by atoms with van der Waals surface area (Å²) in [6, 6.07) is 5.76. The van der Waals surface area contributed by atoms with Crippen LogP contribution in [0.5, 0.6) is 0 Å². The second-order valence-electron chi connectivity index (χ2n) is 5.62. The molecular formula is C15H16N4O. The molecule has 0 amide bonds. The summed E-state index contributed by atoms with van der Waals surface area (Å²) in [5.74, 6) is -0.0375. The fourth-order valence-electron chi connectivity index (χ4n) is 2.27. The normalized spacial score (nSPS) is 16.7. The van der Waals surface area contributed by atoms with Crippen molar-refractivity contribution in [3.8, 4) is 18.2 Å². The Morgan fingerprint density at radius 1 is 1.25 bits per heavy atom. The Hall–Kier alpha value is -2.58. The Labute approximate surface area is 118 Å². The average Bonchev–Trinajstić information content (AvgIpc) is 2.36. The highest BCUT2D eigenvalue weighted by molar-refractivity contribution is 5.78. The monoisotopic (exact) mass is 268 g/mol. The fraction of sp³-hybridized carbons (Fsp3) is 0.467. The number of hydrogen-bond donors (Lipinski definition) is 1. The first-order valence-corrected chi connectivity index (χ1v) is 6.25. The number of carbonyl (C=O) groups excluding carboxylic acids is 1. The third-order valence-corrected chi connectivity index (χ3v) is 3.10. The first-order valence-electron chi connectivity index (χ1n) is 6.25. The Balaban J connectivity index is 3.39. The van der Waals surface area contributed by atoms with E-state index in [1.54, 1.807) is 0 Å². The van der Waals surface area contributed by atoms with Gasteiger partial charge in [0.2, 0.25) is 0 Å². The van der Waals surface area contributed by atoms with E-state index in [0.29, 0.717) is 29.7 Å². The van der Waals surface area contributed by atoms with Crippen LogP contribution < -0.4 is 5.32 Å². The molecule has 20 heavy (non-hydrogen) atoms. The van der Waals surface area contributed by atoms with Crippen LogP contribution in [0.4, 0.5) is 0 Å². The van der Waals surface area contributed by atoms with Crippen molar-refractivity contribution >= 4 is 5.78 Å². The maximum atomic E-state index is 11.1. The van der Waals surface area contributed by atoms with Crippen LogP contribution in [0.1, 0.15) is 33.6 Å². The molecule has 0 bridgehead atoms. The maximum Gasteiger partial charge on any atom is 0.148 e. The van der Waals surface area contributed by atoms with Crippen LogP contribution in [0.25, 0.3) is 0 Å². The molecule has 0 aromatic carbocycles. The van der Waals surface area contributed by atoms with Crippen LogP contribution in [0.2, 0.25) is 0 Å². The minimum Gasteiger partial charge on any atom is -0.380 e. The van der Waals surface area contributed by atoms with E-state index in [-0.39, 0.29) is 23.3 Å². The standard InChI is InChI=1S/C15H16N4O/c1-10(20)9-19-14-5-15(2,3)4-12(13(14)8-18)11(6-16)7-17/h19H,4-5,9H2,1-3H3. The van der Waals surface area contributed by atoms with Gasteiger partial charge in [-0.15, -0.1) is 0 Å².